The van der Waals surface area contributed by atoms with E-state index in [0.29, 0.717) is 23.4 Å². The molecule has 0 fully saturated rings. The van der Waals surface area contributed by atoms with Crippen LogP contribution in [0.25, 0.3) is 0 Å². The van der Waals surface area contributed by atoms with Gasteiger partial charge in [0.15, 0.2) is 0 Å². The van der Waals surface area contributed by atoms with E-state index < -0.39 is 10.0 Å². The molecule has 0 bridgehead atoms. The van der Waals surface area contributed by atoms with Crippen molar-refractivity contribution < 1.29 is 8.42 Å². The average molecular weight is 298 g/mol. The number of likely N-dealkylation sites (N-methyl/N-ethyl adjacent to an activating group) is 1. The molecule has 0 saturated carbocycles. The Labute approximate surface area is 123 Å². The lowest BCUT2D eigenvalue weighted by Gasteiger charge is -2.22. The molecule has 0 spiro atoms. The van der Waals surface area contributed by atoms with E-state index in [9.17, 15) is 8.42 Å². The summed E-state index contributed by atoms with van der Waals surface area (Å²) >= 11 is 0. The van der Waals surface area contributed by atoms with E-state index in [1.54, 1.807) is 12.1 Å². The molecule has 1 aromatic rings. The van der Waals surface area contributed by atoms with Crippen LogP contribution in [-0.4, -0.2) is 28.1 Å². The number of nitrogens with one attached hydrogen (secondary N) is 2. The second kappa shape index (κ2) is 7.76. The maximum Gasteiger partial charge on any atom is 0.240 e. The highest BCUT2D eigenvalue weighted by Crippen LogP contribution is 2.24. The van der Waals surface area contributed by atoms with Crippen LogP contribution in [0.1, 0.15) is 45.1 Å². The Kier molecular flexibility index (Phi) is 6.65. The summed E-state index contributed by atoms with van der Waals surface area (Å²) in [5.74, 6) is 0.389. The summed E-state index contributed by atoms with van der Waals surface area (Å²) in [5.41, 5.74) is 1.17. The normalized spacial score (nSPS) is 15.0. The topological polar surface area (TPSA) is 58.2 Å². The molecular weight excluding hydrogens is 272 g/mol. The van der Waals surface area contributed by atoms with Crippen LogP contribution >= 0.6 is 0 Å². The predicted molar refractivity (Wildman–Crippen MR) is 83.5 cm³/mol. The third-order valence-corrected chi connectivity index (χ3v) is 5.14. The molecule has 1 rings (SSSR count). The second-order valence-corrected chi connectivity index (χ2v) is 6.83. The quantitative estimate of drug-likeness (QED) is 0.775. The lowest BCUT2D eigenvalue weighted by Crippen LogP contribution is -2.28. The molecule has 0 aliphatic carbocycles. The molecule has 0 saturated heterocycles. The number of hydrogen-bond acceptors (Lipinski definition) is 3. The maximum atomic E-state index is 12.0. The summed E-state index contributed by atoms with van der Waals surface area (Å²) in [6.07, 6.45) is 1.80. The zero-order valence-corrected chi connectivity index (χ0v) is 13.6. The Bertz CT molecular complexity index is 497. The molecule has 2 N–H and O–H groups in total. The molecule has 1 aromatic carbocycles. The van der Waals surface area contributed by atoms with Gasteiger partial charge in [0.05, 0.1) is 4.90 Å². The molecule has 4 nitrogen and oxygen atoms in total. The minimum absolute atomic E-state index is 0.335. The van der Waals surface area contributed by atoms with Crippen molar-refractivity contribution in [3.8, 4) is 0 Å². The smallest absolute Gasteiger partial charge is 0.240 e. The first-order valence-electron chi connectivity index (χ1n) is 7.23. The van der Waals surface area contributed by atoms with Crippen molar-refractivity contribution in [2.45, 2.75) is 50.5 Å². The largest absolute Gasteiger partial charge is 0.317 e. The van der Waals surface area contributed by atoms with Gasteiger partial charge >= 0.3 is 0 Å². The number of benzene rings is 1. The van der Waals surface area contributed by atoms with Gasteiger partial charge < -0.3 is 5.32 Å². The van der Waals surface area contributed by atoms with Crippen LogP contribution in [0.2, 0.25) is 0 Å². The van der Waals surface area contributed by atoms with Gasteiger partial charge in [0.25, 0.3) is 0 Å². The summed E-state index contributed by atoms with van der Waals surface area (Å²) in [4.78, 5) is 0.335. The Balaban J connectivity index is 2.93. The van der Waals surface area contributed by atoms with E-state index in [4.69, 9.17) is 0 Å². The lowest BCUT2D eigenvalue weighted by molar-refractivity contribution is 0.483. The van der Waals surface area contributed by atoms with Crippen molar-refractivity contribution in [3.05, 3.63) is 29.8 Å². The fourth-order valence-electron chi connectivity index (χ4n) is 2.29. The Morgan fingerprint density at radius 2 is 1.75 bits per heavy atom. The zero-order valence-electron chi connectivity index (χ0n) is 12.8. The van der Waals surface area contributed by atoms with Gasteiger partial charge in [-0.15, -0.1) is 0 Å². The molecule has 0 heterocycles. The van der Waals surface area contributed by atoms with Gasteiger partial charge in [0.2, 0.25) is 10.0 Å². The molecule has 0 radical (unpaired) electrons. The Hall–Kier alpha value is -0.910. The van der Waals surface area contributed by atoms with Crippen LogP contribution in [-0.2, 0) is 10.0 Å². The molecule has 20 heavy (non-hydrogen) atoms. The number of sulfonamides is 1. The Morgan fingerprint density at radius 1 is 1.15 bits per heavy atom. The average Bonchev–Trinajstić information content (AvgIpc) is 2.46. The van der Waals surface area contributed by atoms with Crippen LogP contribution in [0, 0.1) is 0 Å². The van der Waals surface area contributed by atoms with Crippen molar-refractivity contribution in [1.29, 1.82) is 0 Å². The van der Waals surface area contributed by atoms with E-state index in [1.807, 2.05) is 26.1 Å². The molecule has 0 aliphatic rings. The highest BCUT2D eigenvalue weighted by Gasteiger charge is 2.18. The molecule has 2 atom stereocenters. The third kappa shape index (κ3) is 4.30. The van der Waals surface area contributed by atoms with Gasteiger partial charge in [-0.1, -0.05) is 26.0 Å². The second-order valence-electron chi connectivity index (χ2n) is 5.06. The monoisotopic (exact) mass is 298 g/mol. The van der Waals surface area contributed by atoms with Crippen molar-refractivity contribution in [3.63, 3.8) is 0 Å². The summed E-state index contributed by atoms with van der Waals surface area (Å²) in [6, 6.07) is 7.59. The summed E-state index contributed by atoms with van der Waals surface area (Å²) in [5, 5.41) is 3.26. The van der Waals surface area contributed by atoms with Crippen molar-refractivity contribution >= 4 is 10.0 Å². The highest BCUT2D eigenvalue weighted by molar-refractivity contribution is 7.89. The van der Waals surface area contributed by atoms with Gasteiger partial charge in [-0.3, -0.25) is 0 Å². The highest BCUT2D eigenvalue weighted by atomic mass is 32.2. The van der Waals surface area contributed by atoms with Gasteiger partial charge in [-0.2, -0.15) is 0 Å². The first-order chi connectivity index (χ1) is 9.46. The summed E-state index contributed by atoms with van der Waals surface area (Å²) in [6.45, 7) is 6.70. The van der Waals surface area contributed by atoms with Crippen molar-refractivity contribution in [2.24, 2.45) is 0 Å². The zero-order chi connectivity index (χ0) is 15.2. The van der Waals surface area contributed by atoms with Crippen LogP contribution in [0.15, 0.2) is 29.2 Å². The van der Waals surface area contributed by atoms with Gasteiger partial charge in [-0.05, 0) is 50.4 Å². The minimum atomic E-state index is -3.36. The molecule has 114 valence electrons. The van der Waals surface area contributed by atoms with E-state index in [2.05, 4.69) is 23.9 Å². The first kappa shape index (κ1) is 17.1. The first-order valence-corrected chi connectivity index (χ1v) is 8.71. The predicted octanol–water partition coefficient (Wildman–Crippen LogP) is 2.48. The fraction of sp³-hybridized carbons (Fsp3) is 0.600. The maximum absolute atomic E-state index is 12.0. The van der Waals surface area contributed by atoms with Gasteiger partial charge in [0.1, 0.15) is 0 Å². The summed E-state index contributed by atoms with van der Waals surface area (Å²) in [7, 11) is -1.42. The summed E-state index contributed by atoms with van der Waals surface area (Å²) < 4.78 is 26.6. The molecular formula is C15H26N2O2S. The lowest BCUT2D eigenvalue weighted by atomic mass is 9.90. The van der Waals surface area contributed by atoms with Crippen LogP contribution < -0.4 is 10.0 Å². The number of hydrogen-bond donors (Lipinski definition) is 2. The van der Waals surface area contributed by atoms with E-state index >= 15 is 0 Å². The van der Waals surface area contributed by atoms with Crippen molar-refractivity contribution in [2.75, 3.05) is 13.6 Å². The fourth-order valence-corrected chi connectivity index (χ4v) is 3.43. The number of rotatable bonds is 8. The molecule has 0 aliphatic heterocycles. The van der Waals surface area contributed by atoms with Crippen LogP contribution in [0.3, 0.4) is 0 Å². The Morgan fingerprint density at radius 3 is 2.20 bits per heavy atom. The van der Waals surface area contributed by atoms with E-state index in [1.165, 1.54) is 5.56 Å². The van der Waals surface area contributed by atoms with E-state index in [0.717, 1.165) is 12.8 Å². The van der Waals surface area contributed by atoms with Gasteiger partial charge in [0, 0.05) is 12.6 Å². The van der Waals surface area contributed by atoms with Crippen molar-refractivity contribution in [1.82, 2.24) is 10.0 Å². The van der Waals surface area contributed by atoms with Crippen LogP contribution in [0.5, 0.6) is 0 Å². The van der Waals surface area contributed by atoms with Crippen LogP contribution in [0.4, 0.5) is 0 Å². The SMILES string of the molecule is CCCNS(=O)(=O)c1ccc(C(CC)C(C)NC)cc1. The minimum Gasteiger partial charge on any atom is -0.317 e. The van der Waals surface area contributed by atoms with Gasteiger partial charge in [-0.25, -0.2) is 13.1 Å². The molecule has 5 heteroatoms. The van der Waals surface area contributed by atoms with E-state index in [-0.39, 0.29) is 0 Å². The standard InChI is InChI=1S/C15H26N2O2S/c1-5-11-17-20(18,19)14-9-7-13(8-10-14)15(6-2)12(3)16-4/h7-10,12,15-17H,5-6,11H2,1-4H3. The third-order valence-electron chi connectivity index (χ3n) is 3.66. The molecule has 2 unspecified atom stereocenters. The molecule has 0 amide bonds. The molecule has 0 aromatic heterocycles.